The Kier molecular flexibility index (Phi) is 5.99. The van der Waals surface area contributed by atoms with Gasteiger partial charge in [0.15, 0.2) is 0 Å². The average molecular weight is 406 g/mol. The van der Waals surface area contributed by atoms with Gasteiger partial charge >= 0.3 is 0 Å². The lowest BCUT2D eigenvalue weighted by Gasteiger charge is -2.26. The summed E-state index contributed by atoms with van der Waals surface area (Å²) in [7, 11) is 0. The van der Waals surface area contributed by atoms with Gasteiger partial charge in [-0.3, -0.25) is 4.79 Å². The molecule has 0 aliphatic carbocycles. The van der Waals surface area contributed by atoms with E-state index >= 15 is 0 Å². The van der Waals surface area contributed by atoms with Crippen LogP contribution in [0.4, 0.5) is 17.1 Å². The van der Waals surface area contributed by atoms with Crippen molar-refractivity contribution < 1.29 is 4.79 Å². The molecule has 0 heterocycles. The van der Waals surface area contributed by atoms with E-state index in [0.29, 0.717) is 5.56 Å². The molecule has 154 valence electrons. The van der Waals surface area contributed by atoms with Crippen molar-refractivity contribution in [3.8, 4) is 0 Å². The lowest BCUT2D eigenvalue weighted by atomic mass is 9.92. The summed E-state index contributed by atoms with van der Waals surface area (Å²) in [4.78, 5) is 13.2. The van der Waals surface area contributed by atoms with Crippen LogP contribution in [-0.4, -0.2) is 6.29 Å². The molecular formula is C29H27NO. The number of anilines is 3. The number of hydrogen-bond acceptors (Lipinski definition) is 2. The standard InChI is InChI=1S/C29H27NO/c1-21-4-14-27(15-5-21)30(28-16-6-22(2)7-17-28)29-18-12-26(13-19-29)23(3)25-10-8-24(20-31)9-11-25/h4-20,23H,1-3H3. The maximum Gasteiger partial charge on any atom is 0.150 e. The number of hydrogen-bond donors (Lipinski definition) is 0. The first-order valence-electron chi connectivity index (χ1n) is 10.6. The van der Waals surface area contributed by atoms with Crippen LogP contribution in [0.2, 0.25) is 0 Å². The van der Waals surface area contributed by atoms with Crippen molar-refractivity contribution in [3.63, 3.8) is 0 Å². The van der Waals surface area contributed by atoms with Crippen LogP contribution in [0.5, 0.6) is 0 Å². The van der Waals surface area contributed by atoms with E-state index in [1.165, 1.54) is 22.3 Å². The van der Waals surface area contributed by atoms with Gasteiger partial charge in [0.25, 0.3) is 0 Å². The Morgan fingerprint density at radius 2 is 0.935 bits per heavy atom. The van der Waals surface area contributed by atoms with E-state index in [0.717, 1.165) is 23.3 Å². The number of nitrogens with zero attached hydrogens (tertiary/aromatic N) is 1. The molecule has 0 amide bonds. The smallest absolute Gasteiger partial charge is 0.150 e. The van der Waals surface area contributed by atoms with Crippen LogP contribution in [0.3, 0.4) is 0 Å². The zero-order chi connectivity index (χ0) is 21.8. The highest BCUT2D eigenvalue weighted by atomic mass is 16.1. The number of carbonyl (C=O) groups excluding carboxylic acids is 1. The van der Waals surface area contributed by atoms with Gasteiger partial charge in [0.1, 0.15) is 6.29 Å². The predicted octanol–water partition coefficient (Wildman–Crippen LogP) is 7.74. The Hall–Kier alpha value is -3.65. The quantitative estimate of drug-likeness (QED) is 0.306. The lowest BCUT2D eigenvalue weighted by Crippen LogP contribution is -2.10. The van der Waals surface area contributed by atoms with Crippen molar-refractivity contribution in [1.82, 2.24) is 0 Å². The number of rotatable bonds is 6. The summed E-state index contributed by atoms with van der Waals surface area (Å²) in [5.41, 5.74) is 9.05. The molecule has 0 aliphatic rings. The van der Waals surface area contributed by atoms with Crippen molar-refractivity contribution in [2.75, 3.05) is 4.90 Å². The van der Waals surface area contributed by atoms with Gasteiger partial charge in [-0.05, 0) is 61.4 Å². The molecular weight excluding hydrogens is 378 g/mol. The van der Waals surface area contributed by atoms with E-state index in [4.69, 9.17) is 0 Å². The molecule has 4 aromatic carbocycles. The Morgan fingerprint density at radius 3 is 1.32 bits per heavy atom. The lowest BCUT2D eigenvalue weighted by molar-refractivity contribution is 0.112. The maximum absolute atomic E-state index is 10.9. The number of benzene rings is 4. The van der Waals surface area contributed by atoms with Crippen LogP contribution in [0.25, 0.3) is 0 Å². The Balaban J connectivity index is 1.67. The first-order valence-corrected chi connectivity index (χ1v) is 10.6. The van der Waals surface area contributed by atoms with Crippen molar-refractivity contribution in [3.05, 3.63) is 125 Å². The summed E-state index contributed by atoms with van der Waals surface area (Å²) >= 11 is 0. The van der Waals surface area contributed by atoms with Gasteiger partial charge in [-0.1, -0.05) is 78.7 Å². The van der Waals surface area contributed by atoms with Gasteiger partial charge in [-0.15, -0.1) is 0 Å². The van der Waals surface area contributed by atoms with E-state index in [-0.39, 0.29) is 5.92 Å². The highest BCUT2D eigenvalue weighted by molar-refractivity contribution is 5.77. The zero-order valence-corrected chi connectivity index (χ0v) is 18.2. The van der Waals surface area contributed by atoms with Crippen LogP contribution in [-0.2, 0) is 0 Å². The third-order valence-electron chi connectivity index (χ3n) is 5.81. The van der Waals surface area contributed by atoms with E-state index in [9.17, 15) is 4.79 Å². The SMILES string of the molecule is Cc1ccc(N(c2ccc(C)cc2)c2ccc(C(C)c3ccc(C=O)cc3)cc2)cc1. The first kappa shape index (κ1) is 20.6. The third kappa shape index (κ3) is 4.59. The summed E-state index contributed by atoms with van der Waals surface area (Å²) in [6.07, 6.45) is 0.883. The predicted molar refractivity (Wildman–Crippen MR) is 130 cm³/mol. The molecule has 4 aromatic rings. The molecule has 0 fully saturated rings. The van der Waals surface area contributed by atoms with Gasteiger partial charge in [0, 0.05) is 28.5 Å². The minimum Gasteiger partial charge on any atom is -0.311 e. The van der Waals surface area contributed by atoms with Crippen LogP contribution < -0.4 is 4.90 Å². The van der Waals surface area contributed by atoms with Crippen LogP contribution in [0.15, 0.2) is 97.1 Å². The highest BCUT2D eigenvalue weighted by Crippen LogP contribution is 2.36. The Labute approximate surface area is 184 Å². The molecule has 0 radical (unpaired) electrons. The summed E-state index contributed by atoms with van der Waals surface area (Å²) in [5, 5.41) is 0. The molecule has 4 rings (SSSR count). The minimum absolute atomic E-state index is 0.252. The molecule has 1 atom stereocenters. The monoisotopic (exact) mass is 405 g/mol. The number of aldehydes is 1. The average Bonchev–Trinajstić information content (AvgIpc) is 2.82. The molecule has 2 nitrogen and oxygen atoms in total. The second-order valence-corrected chi connectivity index (χ2v) is 8.10. The van der Waals surface area contributed by atoms with Crippen LogP contribution in [0, 0.1) is 13.8 Å². The second kappa shape index (κ2) is 9.01. The Bertz CT molecular complexity index is 1100. The summed E-state index contributed by atoms with van der Waals surface area (Å²) in [6, 6.07) is 33.9. The molecule has 0 saturated carbocycles. The van der Waals surface area contributed by atoms with Gasteiger partial charge in [0.2, 0.25) is 0 Å². The summed E-state index contributed by atoms with van der Waals surface area (Å²) in [6.45, 7) is 6.41. The first-order chi connectivity index (χ1) is 15.0. The fourth-order valence-electron chi connectivity index (χ4n) is 3.80. The fraction of sp³-hybridized carbons (Fsp3) is 0.138. The van der Waals surface area contributed by atoms with Crippen LogP contribution in [0.1, 0.15) is 45.5 Å². The van der Waals surface area contributed by atoms with Crippen molar-refractivity contribution in [2.24, 2.45) is 0 Å². The summed E-state index contributed by atoms with van der Waals surface area (Å²) < 4.78 is 0. The number of aryl methyl sites for hydroxylation is 2. The van der Waals surface area contributed by atoms with Gasteiger partial charge < -0.3 is 4.90 Å². The second-order valence-electron chi connectivity index (χ2n) is 8.10. The van der Waals surface area contributed by atoms with Gasteiger partial charge in [0.05, 0.1) is 0 Å². The van der Waals surface area contributed by atoms with Crippen LogP contribution >= 0.6 is 0 Å². The van der Waals surface area contributed by atoms with Crippen molar-refractivity contribution in [2.45, 2.75) is 26.7 Å². The Morgan fingerprint density at radius 1 is 0.581 bits per heavy atom. The molecule has 1 unspecified atom stereocenters. The number of carbonyl (C=O) groups is 1. The van der Waals surface area contributed by atoms with E-state index in [1.54, 1.807) is 0 Å². The van der Waals surface area contributed by atoms with E-state index < -0.39 is 0 Å². The zero-order valence-electron chi connectivity index (χ0n) is 18.2. The molecule has 0 N–H and O–H groups in total. The topological polar surface area (TPSA) is 20.3 Å². The van der Waals surface area contributed by atoms with E-state index in [2.05, 4.69) is 98.5 Å². The maximum atomic E-state index is 10.9. The molecule has 0 bridgehead atoms. The highest BCUT2D eigenvalue weighted by Gasteiger charge is 2.14. The molecule has 2 heteroatoms. The largest absolute Gasteiger partial charge is 0.311 e. The normalized spacial score (nSPS) is 11.7. The van der Waals surface area contributed by atoms with Crippen molar-refractivity contribution >= 4 is 23.3 Å². The minimum atomic E-state index is 0.252. The third-order valence-corrected chi connectivity index (χ3v) is 5.81. The van der Waals surface area contributed by atoms with Gasteiger partial charge in [-0.2, -0.15) is 0 Å². The molecule has 0 aliphatic heterocycles. The van der Waals surface area contributed by atoms with Gasteiger partial charge in [-0.25, -0.2) is 0 Å². The summed E-state index contributed by atoms with van der Waals surface area (Å²) in [5.74, 6) is 0.252. The fourth-order valence-corrected chi connectivity index (χ4v) is 3.80. The molecule has 0 saturated heterocycles. The molecule has 0 aromatic heterocycles. The van der Waals surface area contributed by atoms with E-state index in [1.807, 2.05) is 24.3 Å². The van der Waals surface area contributed by atoms with Crippen molar-refractivity contribution in [1.29, 1.82) is 0 Å². The molecule has 0 spiro atoms. The molecule has 31 heavy (non-hydrogen) atoms.